The minimum absolute atomic E-state index is 0.00248. The molecular weight excluding hydrogens is 430 g/mol. The molecule has 0 spiro atoms. The summed E-state index contributed by atoms with van der Waals surface area (Å²) < 4.78 is 7.01. The van der Waals surface area contributed by atoms with Crippen molar-refractivity contribution in [3.05, 3.63) is 53.6 Å². The highest BCUT2D eigenvalue weighted by Gasteiger charge is 2.39. The van der Waals surface area contributed by atoms with E-state index >= 15 is 0 Å². The van der Waals surface area contributed by atoms with Gasteiger partial charge in [-0.2, -0.15) is 10.2 Å². The summed E-state index contributed by atoms with van der Waals surface area (Å²) >= 11 is 1.38. The lowest BCUT2D eigenvalue weighted by atomic mass is 9.87. The molecule has 0 aliphatic carbocycles. The fourth-order valence-electron chi connectivity index (χ4n) is 3.52. The minimum Gasteiger partial charge on any atom is -0.396 e. The molecule has 10 nitrogen and oxygen atoms in total. The number of aryl methyl sites for hydroxylation is 1. The molecule has 3 N–H and O–H groups in total. The van der Waals surface area contributed by atoms with Crippen LogP contribution in [0.2, 0.25) is 0 Å². The second-order valence-electron chi connectivity index (χ2n) is 7.83. The SMILES string of the molecule is Cc1n[nH]cc1-c1nc(C(=O)Nc2cn(CC3(CO)COC3)nc2-c2ccccn2)cs1. The molecule has 0 bridgehead atoms. The summed E-state index contributed by atoms with van der Waals surface area (Å²) in [5.74, 6) is -0.339. The van der Waals surface area contributed by atoms with Crippen molar-refractivity contribution in [3.63, 3.8) is 0 Å². The van der Waals surface area contributed by atoms with Crippen LogP contribution in [0.1, 0.15) is 16.2 Å². The topological polar surface area (TPSA) is 131 Å². The van der Waals surface area contributed by atoms with E-state index in [0.717, 1.165) is 16.3 Å². The molecular formula is C21H21N7O3S. The van der Waals surface area contributed by atoms with Crippen LogP contribution in [0.25, 0.3) is 22.0 Å². The maximum atomic E-state index is 13.0. The second-order valence-corrected chi connectivity index (χ2v) is 8.69. The molecule has 1 aliphatic rings. The summed E-state index contributed by atoms with van der Waals surface area (Å²) in [4.78, 5) is 21.8. The first-order valence-corrected chi connectivity index (χ1v) is 10.9. The van der Waals surface area contributed by atoms with Crippen molar-refractivity contribution in [1.29, 1.82) is 0 Å². The van der Waals surface area contributed by atoms with Gasteiger partial charge in [0.15, 0.2) is 0 Å². The average molecular weight is 452 g/mol. The number of rotatable bonds is 7. The molecule has 0 saturated carbocycles. The van der Waals surface area contributed by atoms with Crippen LogP contribution >= 0.6 is 11.3 Å². The van der Waals surface area contributed by atoms with E-state index in [1.165, 1.54) is 11.3 Å². The molecule has 4 aromatic rings. The van der Waals surface area contributed by atoms with E-state index in [1.807, 2.05) is 25.1 Å². The van der Waals surface area contributed by atoms with Gasteiger partial charge < -0.3 is 15.2 Å². The van der Waals surface area contributed by atoms with Crippen LogP contribution in [0.4, 0.5) is 5.69 Å². The maximum Gasteiger partial charge on any atom is 0.275 e. The normalized spacial score (nSPS) is 14.8. The van der Waals surface area contributed by atoms with Gasteiger partial charge in [0, 0.05) is 24.0 Å². The number of carbonyl (C=O) groups excluding carboxylic acids is 1. The number of nitrogens with zero attached hydrogens (tertiary/aromatic N) is 5. The van der Waals surface area contributed by atoms with E-state index in [-0.39, 0.29) is 17.9 Å². The van der Waals surface area contributed by atoms with Gasteiger partial charge in [-0.1, -0.05) is 6.07 Å². The second kappa shape index (κ2) is 8.26. The van der Waals surface area contributed by atoms with E-state index < -0.39 is 0 Å². The molecule has 0 unspecified atom stereocenters. The first-order valence-electron chi connectivity index (χ1n) is 10.0. The molecule has 4 aromatic heterocycles. The molecule has 0 aromatic carbocycles. The number of carbonyl (C=O) groups is 1. The van der Waals surface area contributed by atoms with E-state index in [0.29, 0.717) is 42.5 Å². The molecule has 1 saturated heterocycles. The Morgan fingerprint density at radius 2 is 2.28 bits per heavy atom. The van der Waals surface area contributed by atoms with Crippen molar-refractivity contribution in [2.24, 2.45) is 5.41 Å². The van der Waals surface area contributed by atoms with Gasteiger partial charge in [-0.15, -0.1) is 11.3 Å². The van der Waals surface area contributed by atoms with E-state index in [9.17, 15) is 9.90 Å². The molecule has 0 atom stereocenters. The number of anilines is 1. The predicted molar refractivity (Wildman–Crippen MR) is 118 cm³/mol. The number of ether oxygens (including phenoxy) is 1. The zero-order valence-corrected chi connectivity index (χ0v) is 18.1. The highest BCUT2D eigenvalue weighted by atomic mass is 32.1. The maximum absolute atomic E-state index is 13.0. The molecule has 1 amide bonds. The van der Waals surface area contributed by atoms with Crippen molar-refractivity contribution in [2.45, 2.75) is 13.5 Å². The molecule has 164 valence electrons. The van der Waals surface area contributed by atoms with E-state index in [4.69, 9.17) is 4.74 Å². The number of hydrogen-bond acceptors (Lipinski definition) is 8. The van der Waals surface area contributed by atoms with Gasteiger partial charge in [0.1, 0.15) is 16.4 Å². The van der Waals surface area contributed by atoms with E-state index in [2.05, 4.69) is 30.6 Å². The van der Waals surface area contributed by atoms with Gasteiger partial charge in [0.2, 0.25) is 0 Å². The van der Waals surface area contributed by atoms with Crippen LogP contribution in [0.3, 0.4) is 0 Å². The van der Waals surface area contributed by atoms with Gasteiger partial charge in [-0.3, -0.25) is 19.6 Å². The number of aliphatic hydroxyl groups excluding tert-OH is 1. The van der Waals surface area contributed by atoms with Crippen molar-refractivity contribution in [3.8, 4) is 22.0 Å². The summed E-state index contributed by atoms with van der Waals surface area (Å²) in [6.07, 6.45) is 5.19. The quantitative estimate of drug-likeness (QED) is 0.393. The van der Waals surface area contributed by atoms with Gasteiger partial charge in [0.05, 0.1) is 54.4 Å². The first kappa shape index (κ1) is 20.5. The number of thiazole rings is 1. The third-order valence-corrected chi connectivity index (χ3v) is 6.24. The fourth-order valence-corrected chi connectivity index (χ4v) is 4.38. The Labute approximate surface area is 187 Å². The number of hydrogen-bond donors (Lipinski definition) is 3. The van der Waals surface area contributed by atoms with Crippen LogP contribution in [0, 0.1) is 12.3 Å². The Morgan fingerprint density at radius 3 is 2.94 bits per heavy atom. The van der Waals surface area contributed by atoms with Crippen molar-refractivity contribution >= 4 is 22.9 Å². The monoisotopic (exact) mass is 451 g/mol. The Kier molecular flexibility index (Phi) is 5.29. The molecule has 11 heteroatoms. The third-order valence-electron chi connectivity index (χ3n) is 5.36. The number of aliphatic hydroxyl groups is 1. The van der Waals surface area contributed by atoms with Crippen LogP contribution < -0.4 is 5.32 Å². The van der Waals surface area contributed by atoms with Crippen LogP contribution in [0.5, 0.6) is 0 Å². The Morgan fingerprint density at radius 1 is 1.41 bits per heavy atom. The lowest BCUT2D eigenvalue weighted by Gasteiger charge is -2.39. The summed E-state index contributed by atoms with van der Waals surface area (Å²) in [5.41, 5.74) is 3.35. The molecule has 5 rings (SSSR count). The van der Waals surface area contributed by atoms with Gasteiger partial charge in [-0.25, -0.2) is 4.98 Å². The van der Waals surface area contributed by atoms with Crippen LogP contribution in [-0.2, 0) is 11.3 Å². The largest absolute Gasteiger partial charge is 0.396 e. The lowest BCUT2D eigenvalue weighted by molar-refractivity contribution is -0.146. The van der Waals surface area contributed by atoms with Crippen LogP contribution in [0.15, 0.2) is 42.2 Å². The number of aromatic amines is 1. The Hall–Kier alpha value is -3.41. The Balaban J connectivity index is 1.42. The van der Waals surface area contributed by atoms with Crippen molar-refractivity contribution in [1.82, 2.24) is 29.9 Å². The minimum atomic E-state index is -0.360. The molecule has 32 heavy (non-hydrogen) atoms. The standard InChI is InChI=1S/C21H21N7O3S/c1-13-14(6-23-26-13)20-25-17(8-32-20)19(30)24-16-7-28(9-21(10-29)11-31-12-21)27-18(16)15-4-2-3-5-22-15/h2-8,29H,9-12H2,1H3,(H,23,26)(H,24,30). The van der Waals surface area contributed by atoms with Crippen LogP contribution in [-0.4, -0.2) is 60.8 Å². The average Bonchev–Trinajstić information content (AvgIpc) is 3.51. The van der Waals surface area contributed by atoms with Crippen molar-refractivity contribution in [2.75, 3.05) is 25.1 Å². The number of nitrogens with one attached hydrogen (secondary N) is 2. The number of aromatic nitrogens is 6. The van der Waals surface area contributed by atoms with Crippen molar-refractivity contribution < 1.29 is 14.6 Å². The summed E-state index contributed by atoms with van der Waals surface area (Å²) in [6.45, 7) is 3.30. The highest BCUT2D eigenvalue weighted by Crippen LogP contribution is 2.32. The molecule has 0 radical (unpaired) electrons. The summed E-state index contributed by atoms with van der Waals surface area (Å²) in [6, 6.07) is 5.51. The third kappa shape index (κ3) is 3.81. The number of amides is 1. The zero-order chi connectivity index (χ0) is 22.1. The first-order chi connectivity index (χ1) is 15.6. The fraction of sp³-hybridized carbons (Fsp3) is 0.286. The van der Waals surface area contributed by atoms with E-state index in [1.54, 1.807) is 28.7 Å². The molecule has 1 fully saturated rings. The predicted octanol–water partition coefficient (Wildman–Crippen LogP) is 2.36. The molecule has 1 aliphatic heterocycles. The van der Waals surface area contributed by atoms with Gasteiger partial charge >= 0.3 is 0 Å². The zero-order valence-electron chi connectivity index (χ0n) is 17.3. The Bertz CT molecular complexity index is 1240. The lowest BCUT2D eigenvalue weighted by Crippen LogP contribution is -2.48. The van der Waals surface area contributed by atoms with Gasteiger partial charge in [0.25, 0.3) is 5.91 Å². The smallest absolute Gasteiger partial charge is 0.275 e. The molecule has 5 heterocycles. The summed E-state index contributed by atoms with van der Waals surface area (Å²) in [5, 5.41) is 26.7. The number of H-pyrrole nitrogens is 1. The highest BCUT2D eigenvalue weighted by molar-refractivity contribution is 7.13. The summed E-state index contributed by atoms with van der Waals surface area (Å²) in [7, 11) is 0. The van der Waals surface area contributed by atoms with Gasteiger partial charge in [-0.05, 0) is 19.1 Å². The number of pyridine rings is 1.